The van der Waals surface area contributed by atoms with E-state index in [1.54, 1.807) is 24.5 Å². The first kappa shape index (κ1) is 11.9. The van der Waals surface area contributed by atoms with Gasteiger partial charge < -0.3 is 0 Å². The molecule has 0 radical (unpaired) electrons. The number of hydrogen-bond donors (Lipinski definition) is 0. The Morgan fingerprint density at radius 2 is 1.74 bits per heavy atom. The molecule has 0 N–H and O–H groups in total. The summed E-state index contributed by atoms with van der Waals surface area (Å²) >= 11 is 1.31. The van der Waals surface area contributed by atoms with Crippen LogP contribution in [-0.2, 0) is 0 Å². The molecule has 5 heteroatoms. The Labute approximate surface area is 113 Å². The van der Waals surface area contributed by atoms with Crippen molar-refractivity contribution in [2.45, 2.75) is 4.90 Å². The number of nitro groups is 1. The summed E-state index contributed by atoms with van der Waals surface area (Å²) < 4.78 is 0. The largest absolute Gasteiger partial charge is 0.289 e. The van der Waals surface area contributed by atoms with Gasteiger partial charge in [0.15, 0.2) is 5.78 Å². The van der Waals surface area contributed by atoms with Crippen molar-refractivity contribution in [3.05, 3.63) is 57.6 Å². The zero-order valence-corrected chi connectivity index (χ0v) is 10.9. The van der Waals surface area contributed by atoms with E-state index in [0.29, 0.717) is 16.0 Å². The Morgan fingerprint density at radius 3 is 2.37 bits per heavy atom. The highest BCUT2D eigenvalue weighted by atomic mass is 32.2. The zero-order chi connectivity index (χ0) is 13.6. The first-order valence-corrected chi connectivity index (χ1v) is 6.86. The third kappa shape index (κ3) is 1.66. The molecule has 0 aromatic heterocycles. The number of nitro benzene ring substituents is 1. The summed E-state index contributed by atoms with van der Waals surface area (Å²) in [6, 6.07) is 10.4. The van der Waals surface area contributed by atoms with E-state index in [1.165, 1.54) is 17.8 Å². The van der Waals surface area contributed by atoms with E-state index in [1.807, 2.05) is 12.1 Å². The molecule has 0 saturated heterocycles. The smallest absolute Gasteiger partial charge is 0.283 e. The maximum absolute atomic E-state index is 12.2. The number of ketones is 1. The lowest BCUT2D eigenvalue weighted by Crippen LogP contribution is -1.98. The van der Waals surface area contributed by atoms with Crippen LogP contribution in [0.1, 0.15) is 15.9 Å². The van der Waals surface area contributed by atoms with E-state index in [-0.39, 0.29) is 11.5 Å². The fraction of sp³-hybridized carbons (Fsp3) is 0.0714. The zero-order valence-electron chi connectivity index (χ0n) is 10.0. The average Bonchev–Trinajstić information content (AvgIpc) is 2.71. The van der Waals surface area contributed by atoms with E-state index >= 15 is 0 Å². The summed E-state index contributed by atoms with van der Waals surface area (Å²) in [6.07, 6.45) is 1.79. The van der Waals surface area contributed by atoms with Gasteiger partial charge in [-0.1, -0.05) is 24.3 Å². The average molecular weight is 271 g/mol. The second kappa shape index (κ2) is 4.20. The van der Waals surface area contributed by atoms with Crippen LogP contribution in [0.15, 0.2) is 41.3 Å². The lowest BCUT2D eigenvalue weighted by molar-refractivity contribution is -0.387. The molecule has 0 aliphatic heterocycles. The fourth-order valence-electron chi connectivity index (χ4n) is 2.35. The first-order chi connectivity index (χ1) is 9.13. The van der Waals surface area contributed by atoms with Crippen LogP contribution in [0.4, 0.5) is 5.69 Å². The van der Waals surface area contributed by atoms with Gasteiger partial charge in [0.2, 0.25) is 0 Å². The van der Waals surface area contributed by atoms with E-state index in [9.17, 15) is 14.9 Å². The molecular formula is C14H9NO3S. The predicted octanol–water partition coefficient (Wildman–Crippen LogP) is 3.53. The summed E-state index contributed by atoms with van der Waals surface area (Å²) in [5.74, 6) is -0.138. The third-order valence-corrected chi connectivity index (χ3v) is 3.99. The van der Waals surface area contributed by atoms with Crippen LogP contribution in [0.3, 0.4) is 0 Å². The van der Waals surface area contributed by atoms with Crippen LogP contribution in [0.2, 0.25) is 0 Å². The topological polar surface area (TPSA) is 60.2 Å². The van der Waals surface area contributed by atoms with Crippen molar-refractivity contribution < 1.29 is 9.72 Å². The van der Waals surface area contributed by atoms with Gasteiger partial charge in [-0.2, -0.15) is 0 Å². The molecule has 0 heterocycles. The molecule has 0 saturated carbocycles. The molecule has 0 fully saturated rings. The second-order valence-corrected chi connectivity index (χ2v) is 5.05. The number of nitrogens with zero attached hydrogens (tertiary/aromatic N) is 1. The normalized spacial score (nSPS) is 12.2. The fourth-order valence-corrected chi connectivity index (χ4v) is 2.92. The highest BCUT2D eigenvalue weighted by Gasteiger charge is 2.30. The maximum atomic E-state index is 12.2. The van der Waals surface area contributed by atoms with Crippen LogP contribution in [0, 0.1) is 10.1 Å². The van der Waals surface area contributed by atoms with Gasteiger partial charge in [-0.05, 0) is 23.4 Å². The Kier molecular flexibility index (Phi) is 2.64. The van der Waals surface area contributed by atoms with Crippen LogP contribution in [0.25, 0.3) is 11.1 Å². The summed E-state index contributed by atoms with van der Waals surface area (Å²) in [5.41, 5.74) is 2.67. The molecule has 2 aromatic carbocycles. The number of hydrogen-bond acceptors (Lipinski definition) is 4. The van der Waals surface area contributed by atoms with E-state index < -0.39 is 4.92 Å². The van der Waals surface area contributed by atoms with E-state index in [0.717, 1.165) is 11.1 Å². The molecule has 0 bridgehead atoms. The van der Waals surface area contributed by atoms with Crippen LogP contribution < -0.4 is 0 Å². The van der Waals surface area contributed by atoms with E-state index in [2.05, 4.69) is 0 Å². The van der Waals surface area contributed by atoms with Crippen LogP contribution in [0.5, 0.6) is 0 Å². The summed E-state index contributed by atoms with van der Waals surface area (Å²) in [6.45, 7) is 0. The van der Waals surface area contributed by atoms with Crippen molar-refractivity contribution >= 4 is 23.2 Å². The van der Waals surface area contributed by atoms with Gasteiger partial charge in [0.1, 0.15) is 0 Å². The maximum Gasteiger partial charge on any atom is 0.283 e. The lowest BCUT2D eigenvalue weighted by atomic mass is 10.1. The minimum atomic E-state index is -0.442. The van der Waals surface area contributed by atoms with E-state index in [4.69, 9.17) is 0 Å². The summed E-state index contributed by atoms with van der Waals surface area (Å²) in [5, 5.41) is 11.0. The molecule has 3 rings (SSSR count). The third-order valence-electron chi connectivity index (χ3n) is 3.22. The minimum Gasteiger partial charge on any atom is -0.289 e. The first-order valence-electron chi connectivity index (χ1n) is 5.64. The van der Waals surface area contributed by atoms with Crippen LogP contribution >= 0.6 is 11.8 Å². The van der Waals surface area contributed by atoms with Crippen molar-refractivity contribution in [2.24, 2.45) is 0 Å². The van der Waals surface area contributed by atoms with Gasteiger partial charge in [-0.3, -0.25) is 14.9 Å². The number of benzene rings is 2. The monoisotopic (exact) mass is 271 g/mol. The highest BCUT2D eigenvalue weighted by molar-refractivity contribution is 7.98. The van der Waals surface area contributed by atoms with Crippen molar-refractivity contribution in [3.63, 3.8) is 0 Å². The van der Waals surface area contributed by atoms with Crippen molar-refractivity contribution in [1.82, 2.24) is 0 Å². The summed E-state index contributed by atoms with van der Waals surface area (Å²) in [7, 11) is 0. The predicted molar refractivity (Wildman–Crippen MR) is 73.7 cm³/mol. The van der Waals surface area contributed by atoms with Crippen LogP contribution in [-0.4, -0.2) is 17.0 Å². The Hall–Kier alpha value is -2.14. The number of carbonyl (C=O) groups is 1. The van der Waals surface area contributed by atoms with Crippen molar-refractivity contribution in [2.75, 3.05) is 6.26 Å². The highest BCUT2D eigenvalue weighted by Crippen LogP contribution is 2.41. The van der Waals surface area contributed by atoms with Crippen molar-refractivity contribution in [3.8, 4) is 11.1 Å². The molecule has 0 atom stereocenters. The number of thioether (sulfide) groups is 1. The molecule has 2 aromatic rings. The molecule has 4 nitrogen and oxygen atoms in total. The summed E-state index contributed by atoms with van der Waals surface area (Å²) in [4.78, 5) is 23.4. The molecular weight excluding hydrogens is 262 g/mol. The Morgan fingerprint density at radius 1 is 1.05 bits per heavy atom. The SMILES string of the molecule is CSc1cc2c(cc1[N+](=O)[O-])C(=O)c1ccccc1-2. The Bertz CT molecular complexity index is 725. The number of rotatable bonds is 2. The van der Waals surface area contributed by atoms with Gasteiger partial charge in [0, 0.05) is 17.2 Å². The number of carbonyl (C=O) groups excluding carboxylic acids is 1. The second-order valence-electron chi connectivity index (χ2n) is 4.20. The van der Waals surface area contributed by atoms with Gasteiger partial charge in [0.25, 0.3) is 5.69 Å². The molecule has 94 valence electrons. The molecule has 19 heavy (non-hydrogen) atoms. The molecule has 0 unspecified atom stereocenters. The number of fused-ring (bicyclic) bond motifs is 3. The standard InChI is InChI=1S/C14H9NO3S/c1-19-13-7-10-8-4-2-3-5-9(8)14(16)11(10)6-12(13)15(17)18/h2-7H,1H3. The van der Waals surface area contributed by atoms with Crippen molar-refractivity contribution in [1.29, 1.82) is 0 Å². The molecule has 1 aliphatic carbocycles. The van der Waals surface area contributed by atoms with Gasteiger partial charge in [0.05, 0.1) is 9.82 Å². The molecule has 0 spiro atoms. The van der Waals surface area contributed by atoms with Gasteiger partial charge in [-0.25, -0.2) is 0 Å². The minimum absolute atomic E-state index is 0.00703. The quantitative estimate of drug-likeness (QED) is 0.406. The molecule has 1 aliphatic rings. The molecule has 0 amide bonds. The van der Waals surface area contributed by atoms with Gasteiger partial charge >= 0.3 is 0 Å². The van der Waals surface area contributed by atoms with Gasteiger partial charge in [-0.15, -0.1) is 11.8 Å². The lowest BCUT2D eigenvalue weighted by Gasteiger charge is -2.04. The Balaban J connectivity index is 2.32.